The number of para-hydroxylation sites is 2. The minimum atomic E-state index is -4.19. The van der Waals surface area contributed by atoms with Crippen molar-refractivity contribution in [2.24, 2.45) is 0 Å². The molecule has 1 saturated carbocycles. The van der Waals surface area contributed by atoms with Crippen molar-refractivity contribution in [1.82, 2.24) is 10.2 Å². The Bertz CT molecular complexity index is 1460. The van der Waals surface area contributed by atoms with Crippen LogP contribution in [0.5, 0.6) is 5.75 Å². The van der Waals surface area contributed by atoms with Crippen LogP contribution >= 0.6 is 11.6 Å². The van der Waals surface area contributed by atoms with Crippen molar-refractivity contribution in [3.63, 3.8) is 0 Å². The van der Waals surface area contributed by atoms with E-state index < -0.39 is 28.5 Å². The fourth-order valence-corrected chi connectivity index (χ4v) is 6.82. The van der Waals surface area contributed by atoms with E-state index in [-0.39, 0.29) is 29.1 Å². The molecule has 0 heterocycles. The molecule has 10 heteroatoms. The molecule has 0 spiro atoms. The summed E-state index contributed by atoms with van der Waals surface area (Å²) in [6.07, 6.45) is 5.05. The van der Waals surface area contributed by atoms with E-state index in [1.807, 2.05) is 6.07 Å². The van der Waals surface area contributed by atoms with Crippen molar-refractivity contribution >= 4 is 39.1 Å². The molecular formula is C32H38ClN3O5S. The molecule has 1 N–H and O–H groups in total. The number of hydrogen-bond acceptors (Lipinski definition) is 5. The van der Waals surface area contributed by atoms with Crippen molar-refractivity contribution in [2.75, 3.05) is 17.5 Å². The summed E-state index contributed by atoms with van der Waals surface area (Å²) < 4.78 is 34.9. The fourth-order valence-electron chi connectivity index (χ4n) is 5.16. The predicted molar refractivity (Wildman–Crippen MR) is 165 cm³/mol. The first-order chi connectivity index (χ1) is 20.2. The van der Waals surface area contributed by atoms with Gasteiger partial charge >= 0.3 is 0 Å². The van der Waals surface area contributed by atoms with E-state index in [1.165, 1.54) is 17.0 Å². The number of hydrogen-bond donors (Lipinski definition) is 1. The van der Waals surface area contributed by atoms with Crippen LogP contribution in [0.2, 0.25) is 5.02 Å². The SMILES string of the molecule is CCOc1ccccc1N(CC(=O)N(Cc1cccc(Cl)c1)[C@@H](C)C(=O)NC1CCCCC1)S(=O)(=O)c1ccccc1. The van der Waals surface area contributed by atoms with Crippen LogP contribution in [-0.4, -0.2) is 50.4 Å². The maximum Gasteiger partial charge on any atom is 0.264 e. The number of anilines is 1. The van der Waals surface area contributed by atoms with E-state index in [9.17, 15) is 18.0 Å². The molecule has 2 amide bonds. The lowest BCUT2D eigenvalue weighted by Gasteiger charge is -2.33. The molecule has 1 fully saturated rings. The molecule has 0 unspecified atom stereocenters. The number of nitrogens with zero attached hydrogens (tertiary/aromatic N) is 2. The Hall–Kier alpha value is -3.56. The maximum atomic E-state index is 14.2. The van der Waals surface area contributed by atoms with Gasteiger partial charge in [0.1, 0.15) is 18.3 Å². The van der Waals surface area contributed by atoms with Gasteiger partial charge < -0.3 is 15.0 Å². The molecule has 0 bridgehead atoms. The van der Waals surface area contributed by atoms with Crippen LogP contribution in [0.4, 0.5) is 5.69 Å². The summed E-state index contributed by atoms with van der Waals surface area (Å²) in [6.45, 7) is 3.32. The lowest BCUT2D eigenvalue weighted by molar-refractivity contribution is -0.139. The molecule has 0 aromatic heterocycles. The number of ether oxygens (including phenoxy) is 1. The van der Waals surface area contributed by atoms with Crippen LogP contribution < -0.4 is 14.4 Å². The van der Waals surface area contributed by atoms with Gasteiger partial charge in [-0.15, -0.1) is 0 Å². The van der Waals surface area contributed by atoms with Gasteiger partial charge in [0.05, 0.1) is 17.2 Å². The number of carbonyl (C=O) groups excluding carboxylic acids is 2. The van der Waals surface area contributed by atoms with Crippen LogP contribution in [0.1, 0.15) is 51.5 Å². The second-order valence-corrected chi connectivity index (χ2v) is 12.7. The third kappa shape index (κ3) is 7.83. The fraction of sp³-hybridized carbons (Fsp3) is 0.375. The molecule has 1 atom stereocenters. The molecule has 1 aliphatic carbocycles. The summed E-state index contributed by atoms with van der Waals surface area (Å²) in [7, 11) is -4.19. The summed E-state index contributed by atoms with van der Waals surface area (Å²) in [4.78, 5) is 29.1. The predicted octanol–water partition coefficient (Wildman–Crippen LogP) is 5.80. The highest BCUT2D eigenvalue weighted by atomic mass is 35.5. The van der Waals surface area contributed by atoms with Gasteiger partial charge in [-0.1, -0.05) is 73.3 Å². The zero-order valence-electron chi connectivity index (χ0n) is 24.0. The van der Waals surface area contributed by atoms with Crippen LogP contribution in [0, 0.1) is 0 Å². The minimum Gasteiger partial charge on any atom is -0.492 e. The van der Waals surface area contributed by atoms with Crippen molar-refractivity contribution in [1.29, 1.82) is 0 Å². The van der Waals surface area contributed by atoms with E-state index in [0.717, 1.165) is 42.0 Å². The molecule has 8 nitrogen and oxygen atoms in total. The number of halogens is 1. The zero-order valence-corrected chi connectivity index (χ0v) is 25.6. The Morgan fingerprint density at radius 3 is 2.36 bits per heavy atom. The van der Waals surface area contributed by atoms with Gasteiger partial charge in [-0.3, -0.25) is 13.9 Å². The van der Waals surface area contributed by atoms with Gasteiger partial charge in [-0.2, -0.15) is 0 Å². The summed E-state index contributed by atoms with van der Waals surface area (Å²) in [6, 6.07) is 20.9. The Balaban J connectivity index is 1.70. The van der Waals surface area contributed by atoms with E-state index in [4.69, 9.17) is 16.3 Å². The standard InChI is InChI=1S/C32H38ClN3O5S/c1-3-41-30-20-11-10-19-29(30)36(42(39,40)28-17-8-5-9-18-28)23-31(37)35(22-25-13-12-14-26(33)21-25)24(2)32(38)34-27-15-6-4-7-16-27/h5,8-14,17-21,24,27H,3-4,6-7,15-16,22-23H2,1-2H3,(H,34,38)/t24-/m0/s1. The largest absolute Gasteiger partial charge is 0.492 e. The molecule has 0 saturated heterocycles. The maximum absolute atomic E-state index is 14.2. The molecule has 3 aromatic carbocycles. The van der Waals surface area contributed by atoms with Crippen LogP contribution in [-0.2, 0) is 26.2 Å². The highest BCUT2D eigenvalue weighted by molar-refractivity contribution is 7.92. The van der Waals surface area contributed by atoms with Gasteiger partial charge in [0.15, 0.2) is 0 Å². The summed E-state index contributed by atoms with van der Waals surface area (Å²) in [5.74, 6) is -0.478. The molecular weight excluding hydrogens is 574 g/mol. The number of benzene rings is 3. The molecule has 42 heavy (non-hydrogen) atoms. The number of amides is 2. The zero-order chi connectivity index (χ0) is 30.1. The molecule has 0 aliphatic heterocycles. The first kappa shape index (κ1) is 31.4. The third-order valence-corrected chi connectivity index (χ3v) is 9.41. The van der Waals surface area contributed by atoms with Gasteiger partial charge in [-0.05, 0) is 68.7 Å². The van der Waals surface area contributed by atoms with E-state index in [1.54, 1.807) is 74.5 Å². The van der Waals surface area contributed by atoms with Gasteiger partial charge in [0.25, 0.3) is 10.0 Å². The lowest BCUT2D eigenvalue weighted by Crippen LogP contribution is -2.53. The minimum absolute atomic E-state index is 0.0357. The Labute approximate surface area is 253 Å². The highest BCUT2D eigenvalue weighted by Gasteiger charge is 2.34. The first-order valence-corrected chi connectivity index (χ1v) is 16.2. The number of sulfonamides is 1. The molecule has 1 aliphatic rings. The van der Waals surface area contributed by atoms with E-state index in [0.29, 0.717) is 17.4 Å². The van der Waals surface area contributed by atoms with Gasteiger partial charge in [-0.25, -0.2) is 8.42 Å². The summed E-state index contributed by atoms with van der Waals surface area (Å²) in [5, 5.41) is 3.61. The second kappa shape index (κ2) is 14.6. The number of rotatable bonds is 12. The van der Waals surface area contributed by atoms with E-state index >= 15 is 0 Å². The van der Waals surface area contributed by atoms with Crippen LogP contribution in [0.25, 0.3) is 0 Å². The average Bonchev–Trinajstić information content (AvgIpc) is 2.99. The van der Waals surface area contributed by atoms with Crippen molar-refractivity contribution in [3.05, 3.63) is 89.4 Å². The van der Waals surface area contributed by atoms with Crippen molar-refractivity contribution in [2.45, 2.75) is 69.5 Å². The molecule has 0 radical (unpaired) electrons. The Kier molecular flexibility index (Phi) is 10.9. The monoisotopic (exact) mass is 611 g/mol. The van der Waals surface area contributed by atoms with Crippen LogP contribution in [0.3, 0.4) is 0 Å². The van der Waals surface area contributed by atoms with Crippen LogP contribution in [0.15, 0.2) is 83.8 Å². The topological polar surface area (TPSA) is 96.0 Å². The number of carbonyl (C=O) groups is 2. The lowest BCUT2D eigenvalue weighted by atomic mass is 9.95. The smallest absolute Gasteiger partial charge is 0.264 e. The second-order valence-electron chi connectivity index (χ2n) is 10.4. The Morgan fingerprint density at radius 2 is 1.67 bits per heavy atom. The Morgan fingerprint density at radius 1 is 0.976 bits per heavy atom. The highest BCUT2D eigenvalue weighted by Crippen LogP contribution is 2.33. The molecule has 224 valence electrons. The number of nitrogens with one attached hydrogen (secondary N) is 1. The van der Waals surface area contributed by atoms with Gasteiger partial charge in [0.2, 0.25) is 11.8 Å². The third-order valence-electron chi connectivity index (χ3n) is 7.40. The van der Waals surface area contributed by atoms with E-state index in [2.05, 4.69) is 5.32 Å². The quantitative estimate of drug-likeness (QED) is 0.279. The normalized spacial score (nSPS) is 14.5. The summed E-state index contributed by atoms with van der Waals surface area (Å²) >= 11 is 6.23. The summed E-state index contributed by atoms with van der Waals surface area (Å²) in [5.41, 5.74) is 0.957. The van der Waals surface area contributed by atoms with Crippen molar-refractivity contribution < 1.29 is 22.7 Å². The first-order valence-electron chi connectivity index (χ1n) is 14.3. The van der Waals surface area contributed by atoms with Crippen molar-refractivity contribution in [3.8, 4) is 5.75 Å². The average molecular weight is 612 g/mol. The van der Waals surface area contributed by atoms with Gasteiger partial charge in [0, 0.05) is 17.6 Å². The molecule has 3 aromatic rings. The molecule has 4 rings (SSSR count).